The topological polar surface area (TPSA) is 75.4 Å². The Kier molecular flexibility index (Phi) is 3.47. The van der Waals surface area contributed by atoms with E-state index in [2.05, 4.69) is 10.3 Å². The Morgan fingerprint density at radius 3 is 2.71 bits per heavy atom. The van der Waals surface area contributed by atoms with Gasteiger partial charge in [0.05, 0.1) is 12.7 Å². The van der Waals surface area contributed by atoms with Crippen LogP contribution in [0.5, 0.6) is 0 Å². The molecule has 1 aliphatic heterocycles. The highest BCUT2D eigenvalue weighted by atomic mass is 16.4. The molecule has 1 saturated heterocycles. The number of nitrogens with one attached hydrogen (secondary N) is 1. The molecule has 6 heteroatoms. The van der Waals surface area contributed by atoms with Gasteiger partial charge in [-0.25, -0.2) is 4.98 Å². The van der Waals surface area contributed by atoms with Crippen LogP contribution in [0.2, 0.25) is 0 Å². The smallest absolute Gasteiger partial charge is 0.249 e. The molecule has 1 spiro atoms. The van der Waals surface area contributed by atoms with E-state index in [0.717, 1.165) is 25.7 Å². The Morgan fingerprint density at radius 1 is 1.43 bits per heavy atom. The molecule has 2 fully saturated rings. The third-order valence-corrected chi connectivity index (χ3v) is 4.53. The van der Waals surface area contributed by atoms with Gasteiger partial charge in [0.1, 0.15) is 17.3 Å². The lowest BCUT2D eigenvalue weighted by molar-refractivity contribution is -0.156. The third-order valence-electron chi connectivity index (χ3n) is 4.53. The first kappa shape index (κ1) is 14.1. The number of nitrogens with zero attached hydrogens (tertiary/aromatic N) is 2. The Morgan fingerprint density at radius 2 is 2.14 bits per heavy atom. The molecule has 0 bridgehead atoms. The predicted molar refractivity (Wildman–Crippen MR) is 75.2 cm³/mol. The van der Waals surface area contributed by atoms with E-state index in [4.69, 9.17) is 4.42 Å². The van der Waals surface area contributed by atoms with Crippen LogP contribution in [0, 0.1) is 6.92 Å². The van der Waals surface area contributed by atoms with Gasteiger partial charge in [0.2, 0.25) is 17.7 Å². The van der Waals surface area contributed by atoms with E-state index in [-0.39, 0.29) is 18.4 Å². The number of piperazine rings is 1. The maximum atomic E-state index is 12.9. The summed E-state index contributed by atoms with van der Waals surface area (Å²) in [5.41, 5.74) is -0.690. The molecule has 1 saturated carbocycles. The Hall–Kier alpha value is -1.85. The van der Waals surface area contributed by atoms with Crippen molar-refractivity contribution in [3.05, 3.63) is 17.8 Å². The second-order valence-corrected chi connectivity index (χ2v) is 6.00. The van der Waals surface area contributed by atoms with Crippen molar-refractivity contribution in [2.24, 2.45) is 0 Å². The van der Waals surface area contributed by atoms with Crippen molar-refractivity contribution in [2.75, 3.05) is 0 Å². The number of carbonyl (C=O) groups is 2. The quantitative estimate of drug-likeness (QED) is 0.916. The van der Waals surface area contributed by atoms with Crippen molar-refractivity contribution in [2.45, 2.75) is 64.1 Å². The Balaban J connectivity index is 1.89. The minimum absolute atomic E-state index is 0.0160. The molecule has 6 nitrogen and oxygen atoms in total. The summed E-state index contributed by atoms with van der Waals surface area (Å²) in [5, 5.41) is 2.98. The fourth-order valence-corrected chi connectivity index (χ4v) is 3.46. The number of hydrogen-bond donors (Lipinski definition) is 1. The highest BCUT2D eigenvalue weighted by Crippen LogP contribution is 2.35. The summed E-state index contributed by atoms with van der Waals surface area (Å²) >= 11 is 0. The molecule has 114 valence electrons. The highest BCUT2D eigenvalue weighted by Gasteiger charge is 2.51. The molecular formula is C15H21N3O3. The summed E-state index contributed by atoms with van der Waals surface area (Å²) in [6.07, 6.45) is 5.65. The van der Waals surface area contributed by atoms with Crippen LogP contribution in [-0.2, 0) is 16.1 Å². The molecule has 2 aliphatic rings. The lowest BCUT2D eigenvalue weighted by Crippen LogP contribution is -2.69. The van der Waals surface area contributed by atoms with Crippen LogP contribution in [0.15, 0.2) is 10.6 Å². The average Bonchev–Trinajstić information content (AvgIpc) is 3.06. The van der Waals surface area contributed by atoms with Crippen LogP contribution in [0.3, 0.4) is 0 Å². The Labute approximate surface area is 123 Å². The first-order valence-electron chi connectivity index (χ1n) is 7.60. The number of hydrogen-bond acceptors (Lipinski definition) is 4. The maximum Gasteiger partial charge on any atom is 0.249 e. The number of aromatic nitrogens is 1. The molecule has 2 heterocycles. The van der Waals surface area contributed by atoms with Crippen molar-refractivity contribution in [1.82, 2.24) is 15.2 Å². The summed E-state index contributed by atoms with van der Waals surface area (Å²) in [7, 11) is 0. The number of carbonyl (C=O) groups excluding carboxylic acids is 2. The maximum absolute atomic E-state index is 12.9. The van der Waals surface area contributed by atoms with E-state index in [0.29, 0.717) is 18.1 Å². The SMILES string of the molecule is CCC1C(=O)NC2(CCCC2)C(=O)N1Cc1ncc(C)o1. The summed E-state index contributed by atoms with van der Waals surface area (Å²) in [4.78, 5) is 31.1. The van der Waals surface area contributed by atoms with Crippen LogP contribution in [0.4, 0.5) is 0 Å². The van der Waals surface area contributed by atoms with E-state index in [1.54, 1.807) is 11.1 Å². The summed E-state index contributed by atoms with van der Waals surface area (Å²) < 4.78 is 5.48. The lowest BCUT2D eigenvalue weighted by Gasteiger charge is -2.43. The first-order chi connectivity index (χ1) is 10.1. The number of rotatable bonds is 3. The number of oxazole rings is 1. The second kappa shape index (κ2) is 5.16. The molecule has 2 amide bonds. The lowest BCUT2D eigenvalue weighted by atomic mass is 9.90. The van der Waals surface area contributed by atoms with E-state index < -0.39 is 11.6 Å². The molecule has 1 aromatic heterocycles. The average molecular weight is 291 g/mol. The third kappa shape index (κ3) is 2.32. The first-order valence-corrected chi connectivity index (χ1v) is 7.60. The molecule has 21 heavy (non-hydrogen) atoms. The van der Waals surface area contributed by atoms with Crippen LogP contribution < -0.4 is 5.32 Å². The molecule has 1 aromatic rings. The van der Waals surface area contributed by atoms with Gasteiger partial charge < -0.3 is 14.6 Å². The fraction of sp³-hybridized carbons (Fsp3) is 0.667. The number of aryl methyl sites for hydroxylation is 1. The van der Waals surface area contributed by atoms with E-state index in [1.165, 1.54) is 0 Å². The normalized spacial score (nSPS) is 24.7. The summed E-state index contributed by atoms with van der Waals surface area (Å²) in [6, 6.07) is -0.434. The van der Waals surface area contributed by atoms with Crippen LogP contribution in [0.25, 0.3) is 0 Å². The molecule has 1 aliphatic carbocycles. The summed E-state index contributed by atoms with van der Waals surface area (Å²) in [5.74, 6) is 1.16. The minimum Gasteiger partial charge on any atom is -0.444 e. The largest absolute Gasteiger partial charge is 0.444 e. The van der Waals surface area contributed by atoms with Crippen LogP contribution in [-0.4, -0.2) is 33.3 Å². The zero-order valence-corrected chi connectivity index (χ0v) is 12.5. The van der Waals surface area contributed by atoms with E-state index in [1.807, 2.05) is 13.8 Å². The number of amides is 2. The van der Waals surface area contributed by atoms with E-state index in [9.17, 15) is 9.59 Å². The highest BCUT2D eigenvalue weighted by molar-refractivity contribution is 5.99. The van der Waals surface area contributed by atoms with Gasteiger partial charge in [-0.2, -0.15) is 0 Å². The van der Waals surface area contributed by atoms with Crippen molar-refractivity contribution in [1.29, 1.82) is 0 Å². The fourth-order valence-electron chi connectivity index (χ4n) is 3.46. The van der Waals surface area contributed by atoms with Crippen molar-refractivity contribution in [3.8, 4) is 0 Å². The van der Waals surface area contributed by atoms with Crippen LogP contribution in [0.1, 0.15) is 50.7 Å². The van der Waals surface area contributed by atoms with Crippen LogP contribution >= 0.6 is 0 Å². The Bertz CT molecular complexity index is 560. The van der Waals surface area contributed by atoms with Gasteiger partial charge in [-0.15, -0.1) is 0 Å². The van der Waals surface area contributed by atoms with Gasteiger partial charge in [0, 0.05) is 0 Å². The van der Waals surface area contributed by atoms with E-state index >= 15 is 0 Å². The molecule has 1 atom stereocenters. The monoisotopic (exact) mass is 291 g/mol. The van der Waals surface area contributed by atoms with Gasteiger partial charge in [-0.1, -0.05) is 19.8 Å². The van der Waals surface area contributed by atoms with Gasteiger partial charge in [-0.3, -0.25) is 9.59 Å². The second-order valence-electron chi connectivity index (χ2n) is 6.00. The zero-order valence-electron chi connectivity index (χ0n) is 12.5. The minimum atomic E-state index is -0.690. The summed E-state index contributed by atoms with van der Waals surface area (Å²) in [6.45, 7) is 4.00. The van der Waals surface area contributed by atoms with Gasteiger partial charge in [-0.05, 0) is 26.2 Å². The standard InChI is InChI=1S/C15H21N3O3/c1-3-11-13(19)17-15(6-4-5-7-15)14(20)18(11)9-12-16-8-10(2)21-12/h8,11H,3-7,9H2,1-2H3,(H,17,19). The molecule has 1 unspecified atom stereocenters. The molecule has 3 rings (SSSR count). The predicted octanol–water partition coefficient (Wildman–Crippen LogP) is 1.53. The molecule has 1 N–H and O–H groups in total. The molecule has 0 radical (unpaired) electrons. The van der Waals surface area contributed by atoms with Crippen molar-refractivity contribution < 1.29 is 14.0 Å². The van der Waals surface area contributed by atoms with Gasteiger partial charge in [0.25, 0.3) is 0 Å². The zero-order chi connectivity index (χ0) is 15.0. The molecular weight excluding hydrogens is 270 g/mol. The van der Waals surface area contributed by atoms with Gasteiger partial charge in [0.15, 0.2) is 0 Å². The van der Waals surface area contributed by atoms with Crippen molar-refractivity contribution in [3.63, 3.8) is 0 Å². The van der Waals surface area contributed by atoms with Crippen molar-refractivity contribution >= 4 is 11.8 Å². The molecule has 0 aromatic carbocycles. The van der Waals surface area contributed by atoms with Gasteiger partial charge >= 0.3 is 0 Å².